The van der Waals surface area contributed by atoms with Crippen molar-refractivity contribution in [1.82, 2.24) is 10.6 Å². The lowest BCUT2D eigenvalue weighted by molar-refractivity contribution is 0.360. The molecule has 0 aromatic rings. The van der Waals surface area contributed by atoms with Gasteiger partial charge in [0.2, 0.25) is 0 Å². The average molecular weight is 196 g/mol. The smallest absolute Gasteiger partial charge is 0.00670 e. The minimum Gasteiger partial charge on any atom is -0.316 e. The van der Waals surface area contributed by atoms with E-state index < -0.39 is 0 Å². The van der Waals surface area contributed by atoms with E-state index in [0.717, 1.165) is 12.0 Å². The van der Waals surface area contributed by atoms with E-state index in [4.69, 9.17) is 0 Å². The Hall–Kier alpha value is -0.0800. The Kier molecular flexibility index (Phi) is 4.26. The van der Waals surface area contributed by atoms with Gasteiger partial charge in [0.05, 0.1) is 0 Å². The van der Waals surface area contributed by atoms with E-state index in [-0.39, 0.29) is 0 Å². The summed E-state index contributed by atoms with van der Waals surface area (Å²) in [4.78, 5) is 0. The van der Waals surface area contributed by atoms with Crippen LogP contribution in [0.25, 0.3) is 0 Å². The van der Waals surface area contributed by atoms with Gasteiger partial charge in [0.15, 0.2) is 0 Å². The van der Waals surface area contributed by atoms with Crippen LogP contribution < -0.4 is 10.6 Å². The van der Waals surface area contributed by atoms with Gasteiger partial charge in [0.25, 0.3) is 0 Å². The number of hydrogen-bond acceptors (Lipinski definition) is 2. The highest BCUT2D eigenvalue weighted by molar-refractivity contribution is 4.75. The van der Waals surface area contributed by atoms with Crippen molar-refractivity contribution in [2.45, 2.75) is 51.0 Å². The van der Waals surface area contributed by atoms with Crippen LogP contribution in [0.3, 0.4) is 0 Å². The molecule has 2 nitrogen and oxygen atoms in total. The molecule has 2 heteroatoms. The fourth-order valence-corrected chi connectivity index (χ4v) is 2.76. The van der Waals surface area contributed by atoms with E-state index in [0.29, 0.717) is 0 Å². The van der Waals surface area contributed by atoms with Gasteiger partial charge in [0.1, 0.15) is 0 Å². The molecule has 2 fully saturated rings. The second-order valence-electron chi connectivity index (χ2n) is 4.94. The normalized spacial score (nSPS) is 29.6. The third kappa shape index (κ3) is 3.25. The first kappa shape index (κ1) is 10.4. The molecule has 82 valence electrons. The highest BCUT2D eigenvalue weighted by Crippen LogP contribution is 2.18. The minimum atomic E-state index is 0.845. The van der Waals surface area contributed by atoms with Crippen molar-refractivity contribution in [3.05, 3.63) is 0 Å². The molecule has 0 radical (unpaired) electrons. The van der Waals surface area contributed by atoms with E-state index in [1.165, 1.54) is 64.6 Å². The van der Waals surface area contributed by atoms with Gasteiger partial charge in [-0.1, -0.05) is 19.3 Å². The van der Waals surface area contributed by atoms with Crippen molar-refractivity contribution in [3.63, 3.8) is 0 Å². The summed E-state index contributed by atoms with van der Waals surface area (Å²) in [5.41, 5.74) is 0. The lowest BCUT2D eigenvalue weighted by Gasteiger charge is -2.23. The molecule has 1 unspecified atom stereocenters. The van der Waals surface area contributed by atoms with E-state index in [1.807, 2.05) is 0 Å². The summed E-state index contributed by atoms with van der Waals surface area (Å²) < 4.78 is 0. The molecule has 14 heavy (non-hydrogen) atoms. The SMILES string of the molecule is C1CCC(NCCC2CCNC2)CC1. The van der Waals surface area contributed by atoms with Crippen LogP contribution in [-0.4, -0.2) is 25.7 Å². The maximum atomic E-state index is 3.72. The summed E-state index contributed by atoms with van der Waals surface area (Å²) in [6, 6.07) is 0.845. The van der Waals surface area contributed by atoms with Crippen LogP contribution in [0.15, 0.2) is 0 Å². The van der Waals surface area contributed by atoms with Crippen LogP contribution in [0, 0.1) is 5.92 Å². The Morgan fingerprint density at radius 3 is 2.64 bits per heavy atom. The Morgan fingerprint density at radius 1 is 1.07 bits per heavy atom. The van der Waals surface area contributed by atoms with Crippen molar-refractivity contribution in [3.8, 4) is 0 Å². The largest absolute Gasteiger partial charge is 0.316 e. The summed E-state index contributed by atoms with van der Waals surface area (Å²) >= 11 is 0. The monoisotopic (exact) mass is 196 g/mol. The van der Waals surface area contributed by atoms with Crippen LogP contribution in [-0.2, 0) is 0 Å². The van der Waals surface area contributed by atoms with Crippen molar-refractivity contribution in [2.24, 2.45) is 5.92 Å². The van der Waals surface area contributed by atoms with Crippen LogP contribution >= 0.6 is 0 Å². The highest BCUT2D eigenvalue weighted by atomic mass is 14.9. The fourth-order valence-electron chi connectivity index (χ4n) is 2.76. The highest BCUT2D eigenvalue weighted by Gasteiger charge is 2.16. The van der Waals surface area contributed by atoms with Crippen LogP contribution in [0.1, 0.15) is 44.9 Å². The molecular formula is C12H24N2. The van der Waals surface area contributed by atoms with Gasteiger partial charge >= 0.3 is 0 Å². The zero-order valence-electron chi connectivity index (χ0n) is 9.23. The molecule has 2 rings (SSSR count). The molecule has 1 atom stereocenters. The Morgan fingerprint density at radius 2 is 1.93 bits per heavy atom. The summed E-state index contributed by atoms with van der Waals surface area (Å²) in [6.45, 7) is 3.75. The van der Waals surface area contributed by atoms with E-state index >= 15 is 0 Å². The van der Waals surface area contributed by atoms with E-state index in [1.54, 1.807) is 0 Å². The molecule has 1 saturated carbocycles. The van der Waals surface area contributed by atoms with Crippen molar-refractivity contribution < 1.29 is 0 Å². The average Bonchev–Trinajstić information content (AvgIpc) is 2.72. The first-order valence-electron chi connectivity index (χ1n) is 6.39. The Balaban J connectivity index is 1.52. The second-order valence-corrected chi connectivity index (χ2v) is 4.94. The molecule has 0 spiro atoms. The summed E-state index contributed by atoms with van der Waals surface area (Å²) in [5.74, 6) is 0.950. The summed E-state index contributed by atoms with van der Waals surface area (Å²) in [5, 5.41) is 7.15. The molecule has 1 aliphatic heterocycles. The standard InChI is InChI=1S/C12H24N2/c1-2-4-12(5-3-1)14-9-7-11-6-8-13-10-11/h11-14H,1-10H2. The molecule has 2 N–H and O–H groups in total. The van der Waals surface area contributed by atoms with Gasteiger partial charge in [-0.2, -0.15) is 0 Å². The second kappa shape index (κ2) is 5.72. The quantitative estimate of drug-likeness (QED) is 0.717. The Bertz CT molecular complexity index is 146. The van der Waals surface area contributed by atoms with Crippen molar-refractivity contribution in [1.29, 1.82) is 0 Å². The maximum Gasteiger partial charge on any atom is 0.00670 e. The van der Waals surface area contributed by atoms with E-state index in [9.17, 15) is 0 Å². The lowest BCUT2D eigenvalue weighted by atomic mass is 9.95. The third-order valence-corrected chi connectivity index (χ3v) is 3.75. The summed E-state index contributed by atoms with van der Waals surface area (Å²) in [6.07, 6.45) is 9.97. The van der Waals surface area contributed by atoms with Gasteiger partial charge in [0, 0.05) is 6.04 Å². The number of rotatable bonds is 4. The third-order valence-electron chi connectivity index (χ3n) is 3.75. The Labute approximate surface area is 87.8 Å². The number of nitrogens with one attached hydrogen (secondary N) is 2. The predicted molar refractivity (Wildman–Crippen MR) is 60.5 cm³/mol. The van der Waals surface area contributed by atoms with Crippen LogP contribution in [0.5, 0.6) is 0 Å². The molecule has 0 aromatic carbocycles. The van der Waals surface area contributed by atoms with Gasteiger partial charge in [-0.25, -0.2) is 0 Å². The molecule has 1 heterocycles. The minimum absolute atomic E-state index is 0.845. The molecule has 0 bridgehead atoms. The molecule has 0 aromatic heterocycles. The van der Waals surface area contributed by atoms with Crippen LogP contribution in [0.2, 0.25) is 0 Å². The fraction of sp³-hybridized carbons (Fsp3) is 1.00. The van der Waals surface area contributed by atoms with E-state index in [2.05, 4.69) is 10.6 Å². The maximum absolute atomic E-state index is 3.72. The topological polar surface area (TPSA) is 24.1 Å². The zero-order chi connectivity index (χ0) is 9.64. The van der Waals surface area contributed by atoms with Crippen molar-refractivity contribution in [2.75, 3.05) is 19.6 Å². The van der Waals surface area contributed by atoms with Gasteiger partial charge in [-0.3, -0.25) is 0 Å². The molecule has 1 saturated heterocycles. The number of hydrogen-bond donors (Lipinski definition) is 2. The van der Waals surface area contributed by atoms with Gasteiger partial charge in [-0.15, -0.1) is 0 Å². The molecule has 2 aliphatic rings. The van der Waals surface area contributed by atoms with Gasteiger partial charge in [-0.05, 0) is 51.2 Å². The van der Waals surface area contributed by atoms with Gasteiger partial charge < -0.3 is 10.6 Å². The van der Waals surface area contributed by atoms with Crippen molar-refractivity contribution >= 4 is 0 Å². The first-order chi connectivity index (χ1) is 6.95. The molecule has 0 amide bonds. The van der Waals surface area contributed by atoms with Crippen LogP contribution in [0.4, 0.5) is 0 Å². The lowest BCUT2D eigenvalue weighted by Crippen LogP contribution is -2.32. The molecule has 1 aliphatic carbocycles. The zero-order valence-corrected chi connectivity index (χ0v) is 9.23. The first-order valence-corrected chi connectivity index (χ1v) is 6.39. The predicted octanol–water partition coefficient (Wildman–Crippen LogP) is 1.91. The summed E-state index contributed by atoms with van der Waals surface area (Å²) in [7, 11) is 0. The molecular weight excluding hydrogens is 172 g/mol.